The van der Waals surface area contributed by atoms with Gasteiger partial charge in [0.05, 0.1) is 19.7 Å². The van der Waals surface area contributed by atoms with Gasteiger partial charge in [-0.05, 0) is 25.0 Å². The van der Waals surface area contributed by atoms with Crippen molar-refractivity contribution in [1.29, 1.82) is 0 Å². The van der Waals surface area contributed by atoms with Gasteiger partial charge >= 0.3 is 0 Å². The number of halogens is 1. The molecule has 0 spiro atoms. The molecule has 4 aliphatic heterocycles. The number of morpholine rings is 1. The zero-order chi connectivity index (χ0) is 18.6. The van der Waals surface area contributed by atoms with Crippen LogP contribution in [0.4, 0.5) is 0 Å². The summed E-state index contributed by atoms with van der Waals surface area (Å²) in [6, 6.07) is 9.11. The van der Waals surface area contributed by atoms with Crippen LogP contribution in [0.1, 0.15) is 24.2 Å². The molecule has 0 saturated carbocycles. The highest BCUT2D eigenvalue weighted by atomic mass is 127. The van der Waals surface area contributed by atoms with Crippen LogP contribution >= 0.6 is 24.0 Å². The number of nitrogens with one attached hydrogen (secondary N) is 1. The first kappa shape index (κ1) is 21.8. The monoisotopic (exact) mass is 499 g/mol. The molecule has 7 heteroatoms. The summed E-state index contributed by atoms with van der Waals surface area (Å²) in [5.41, 5.74) is 2.59. The van der Waals surface area contributed by atoms with Crippen LogP contribution in [0.2, 0.25) is 0 Å². The number of aliphatic imine (C=N–C) groups is 1. The average molecular weight is 499 g/mol. The minimum Gasteiger partial charge on any atom is -0.370 e. The van der Waals surface area contributed by atoms with Gasteiger partial charge < -0.3 is 15.0 Å². The Morgan fingerprint density at radius 2 is 1.93 bits per heavy atom. The van der Waals surface area contributed by atoms with Crippen molar-refractivity contribution >= 4 is 29.9 Å². The van der Waals surface area contributed by atoms with Crippen molar-refractivity contribution in [2.45, 2.75) is 26.0 Å². The lowest BCUT2D eigenvalue weighted by Gasteiger charge is -2.47. The minimum absolute atomic E-state index is 0. The number of piperazine rings is 3. The highest BCUT2D eigenvalue weighted by Gasteiger charge is 2.32. The van der Waals surface area contributed by atoms with Crippen LogP contribution in [0.5, 0.6) is 0 Å². The fourth-order valence-corrected chi connectivity index (χ4v) is 4.49. The predicted molar refractivity (Wildman–Crippen MR) is 125 cm³/mol. The Kier molecular flexibility index (Phi) is 7.96. The van der Waals surface area contributed by atoms with E-state index in [0.717, 1.165) is 45.3 Å². The van der Waals surface area contributed by atoms with Gasteiger partial charge in [0.2, 0.25) is 0 Å². The zero-order valence-corrected chi connectivity index (χ0v) is 19.5. The number of rotatable bonds is 4. The molecule has 4 fully saturated rings. The molecule has 2 bridgehead atoms. The first-order valence-corrected chi connectivity index (χ1v) is 10.4. The Morgan fingerprint density at radius 1 is 1.14 bits per heavy atom. The third kappa shape index (κ3) is 4.98. The molecule has 6 nitrogen and oxygen atoms in total. The van der Waals surface area contributed by atoms with Crippen LogP contribution in [0.15, 0.2) is 29.3 Å². The number of benzene rings is 1. The maximum absolute atomic E-state index is 6.10. The minimum atomic E-state index is 0. The van der Waals surface area contributed by atoms with Gasteiger partial charge in [0.15, 0.2) is 5.96 Å². The maximum atomic E-state index is 6.10. The number of hydrogen-bond acceptors (Lipinski definition) is 4. The zero-order valence-electron chi connectivity index (χ0n) is 17.1. The van der Waals surface area contributed by atoms with E-state index in [1.54, 1.807) is 0 Å². The summed E-state index contributed by atoms with van der Waals surface area (Å²) in [7, 11) is 0. The van der Waals surface area contributed by atoms with Gasteiger partial charge in [-0.25, -0.2) is 0 Å². The van der Waals surface area contributed by atoms with Gasteiger partial charge in [-0.3, -0.25) is 14.8 Å². The largest absolute Gasteiger partial charge is 0.370 e. The summed E-state index contributed by atoms with van der Waals surface area (Å²) in [4.78, 5) is 12.6. The molecule has 2 atom stereocenters. The van der Waals surface area contributed by atoms with E-state index in [1.165, 1.54) is 37.3 Å². The second-order valence-electron chi connectivity index (χ2n) is 7.85. The van der Waals surface area contributed by atoms with E-state index in [9.17, 15) is 0 Å². The molecule has 4 heterocycles. The SMILES string of the molecule is CCNC(=NCC1CN2CCN1CC2)N1CCOC(c2ccccc2C)C1.I. The van der Waals surface area contributed by atoms with Gasteiger partial charge in [-0.1, -0.05) is 24.3 Å². The quantitative estimate of drug-likeness (QED) is 0.390. The molecule has 1 aromatic carbocycles. The van der Waals surface area contributed by atoms with Crippen LogP contribution < -0.4 is 5.32 Å². The lowest BCUT2D eigenvalue weighted by molar-refractivity contribution is -0.00867. The van der Waals surface area contributed by atoms with Crippen molar-refractivity contribution in [2.75, 3.05) is 65.5 Å². The standard InChI is InChI=1S/C21H33N5O.HI/c1-3-22-21(23-14-18-15-24-8-10-25(18)11-9-24)26-12-13-27-20(16-26)19-7-5-4-6-17(19)2;/h4-7,18,20H,3,8-16H2,1-2H3,(H,22,23);1H. The van der Waals surface area contributed by atoms with Crippen LogP contribution in [-0.4, -0.2) is 92.2 Å². The van der Waals surface area contributed by atoms with E-state index in [2.05, 4.69) is 58.1 Å². The fourth-order valence-electron chi connectivity index (χ4n) is 4.49. The second kappa shape index (κ2) is 10.2. The van der Waals surface area contributed by atoms with Gasteiger partial charge in [0, 0.05) is 51.9 Å². The van der Waals surface area contributed by atoms with Crippen molar-refractivity contribution in [2.24, 2.45) is 4.99 Å². The molecule has 0 amide bonds. The lowest BCUT2D eigenvalue weighted by atomic mass is 10.0. The number of ether oxygens (including phenoxy) is 1. The number of fused-ring (bicyclic) bond motifs is 3. The summed E-state index contributed by atoms with van der Waals surface area (Å²) >= 11 is 0. The van der Waals surface area contributed by atoms with Crippen molar-refractivity contribution in [1.82, 2.24) is 20.0 Å². The van der Waals surface area contributed by atoms with E-state index in [0.29, 0.717) is 6.04 Å². The van der Waals surface area contributed by atoms with E-state index in [-0.39, 0.29) is 30.1 Å². The molecule has 156 valence electrons. The smallest absolute Gasteiger partial charge is 0.194 e. The number of nitrogens with zero attached hydrogens (tertiary/aromatic N) is 4. The highest BCUT2D eigenvalue weighted by Crippen LogP contribution is 2.25. The van der Waals surface area contributed by atoms with Gasteiger partial charge in [0.1, 0.15) is 6.10 Å². The summed E-state index contributed by atoms with van der Waals surface area (Å²) in [5.74, 6) is 1.04. The Balaban J connectivity index is 0.00000225. The first-order chi connectivity index (χ1) is 13.2. The molecule has 0 radical (unpaired) electrons. The third-order valence-corrected chi connectivity index (χ3v) is 6.08. The van der Waals surface area contributed by atoms with Crippen molar-refractivity contribution in [3.8, 4) is 0 Å². The molecule has 1 aromatic rings. The highest BCUT2D eigenvalue weighted by molar-refractivity contribution is 14.0. The number of hydrogen-bond donors (Lipinski definition) is 1. The lowest BCUT2D eigenvalue weighted by Crippen LogP contribution is -2.62. The first-order valence-electron chi connectivity index (χ1n) is 10.4. The average Bonchev–Trinajstić information content (AvgIpc) is 2.72. The number of aryl methyl sites for hydroxylation is 1. The predicted octanol–water partition coefficient (Wildman–Crippen LogP) is 1.95. The summed E-state index contributed by atoms with van der Waals surface area (Å²) in [5, 5.41) is 3.51. The van der Waals surface area contributed by atoms with Crippen LogP contribution in [-0.2, 0) is 4.74 Å². The maximum Gasteiger partial charge on any atom is 0.194 e. The molecule has 1 N–H and O–H groups in total. The van der Waals surface area contributed by atoms with Crippen molar-refractivity contribution in [3.63, 3.8) is 0 Å². The second-order valence-corrected chi connectivity index (χ2v) is 7.85. The fraction of sp³-hybridized carbons (Fsp3) is 0.667. The third-order valence-electron chi connectivity index (χ3n) is 6.08. The molecular weight excluding hydrogens is 465 g/mol. The Hall–Kier alpha value is -0.900. The van der Waals surface area contributed by atoms with Crippen molar-refractivity contribution < 1.29 is 4.74 Å². The molecule has 4 saturated heterocycles. The molecular formula is C21H34IN5O. The summed E-state index contributed by atoms with van der Waals surface area (Å²) in [6.07, 6.45) is 0.115. The molecule has 5 rings (SSSR count). The van der Waals surface area contributed by atoms with E-state index >= 15 is 0 Å². The summed E-state index contributed by atoms with van der Waals surface area (Å²) in [6.45, 7) is 14.6. The van der Waals surface area contributed by atoms with Crippen LogP contribution in [0.3, 0.4) is 0 Å². The van der Waals surface area contributed by atoms with Gasteiger partial charge in [-0.2, -0.15) is 0 Å². The summed E-state index contributed by atoms with van der Waals surface area (Å²) < 4.78 is 6.10. The molecule has 4 aliphatic rings. The molecule has 0 aliphatic carbocycles. The topological polar surface area (TPSA) is 43.3 Å². The Bertz CT molecular complexity index is 662. The van der Waals surface area contributed by atoms with Gasteiger partial charge in [-0.15, -0.1) is 24.0 Å². The van der Waals surface area contributed by atoms with Crippen LogP contribution in [0, 0.1) is 6.92 Å². The Labute approximate surface area is 186 Å². The van der Waals surface area contributed by atoms with E-state index < -0.39 is 0 Å². The van der Waals surface area contributed by atoms with E-state index in [1.807, 2.05) is 0 Å². The van der Waals surface area contributed by atoms with Crippen molar-refractivity contribution in [3.05, 3.63) is 35.4 Å². The number of guanidine groups is 1. The van der Waals surface area contributed by atoms with E-state index in [4.69, 9.17) is 9.73 Å². The van der Waals surface area contributed by atoms with Gasteiger partial charge in [0.25, 0.3) is 0 Å². The molecule has 2 unspecified atom stereocenters. The Morgan fingerprint density at radius 3 is 2.61 bits per heavy atom. The molecule has 0 aromatic heterocycles. The van der Waals surface area contributed by atoms with Crippen LogP contribution in [0.25, 0.3) is 0 Å². The normalized spacial score (nSPS) is 30.1. The molecule has 28 heavy (non-hydrogen) atoms.